The SMILES string of the molecule is CCCCCCCCCCCCCCCCCCCCCCC(=O)O[C@H](COC(=O)CCCCCCCCCCCCCCCCCC)COP(=O)(O)OC[C@@H](O)COP(=O)(O)OC[C@@H](COC(=O)CCCCCCCCC(C)C)OC(=O)CCCCCCCCCCCCCCC. The molecule has 0 aromatic rings. The van der Waals surface area contributed by atoms with Crippen molar-refractivity contribution >= 4 is 39.5 Å². The molecule has 0 aliphatic rings. The van der Waals surface area contributed by atoms with E-state index in [0.717, 1.165) is 96.3 Å². The predicted molar refractivity (Wildman–Crippen MR) is 400 cm³/mol. The zero-order valence-electron chi connectivity index (χ0n) is 63.9. The molecule has 0 rings (SSSR count). The van der Waals surface area contributed by atoms with Crippen molar-refractivity contribution in [1.29, 1.82) is 0 Å². The highest BCUT2D eigenvalue weighted by Gasteiger charge is 2.30. The predicted octanol–water partition coefficient (Wildman–Crippen LogP) is 23.6. The number of rotatable bonds is 79. The maximum atomic E-state index is 13.1. The molecule has 0 radical (unpaired) electrons. The number of ether oxygens (including phenoxy) is 4. The second-order valence-electron chi connectivity index (χ2n) is 28.9. The van der Waals surface area contributed by atoms with Crippen LogP contribution < -0.4 is 0 Å². The van der Waals surface area contributed by atoms with E-state index in [9.17, 15) is 43.2 Å². The number of hydrogen-bond donors (Lipinski definition) is 3. The van der Waals surface area contributed by atoms with Crippen LogP contribution >= 0.6 is 15.6 Å². The number of unbranched alkanes of at least 4 members (excludes halogenated alkanes) is 51. The summed E-state index contributed by atoms with van der Waals surface area (Å²) in [5, 5.41) is 10.6. The lowest BCUT2D eigenvalue weighted by atomic mass is 10.0. The number of hydrogen-bond acceptors (Lipinski definition) is 15. The van der Waals surface area contributed by atoms with E-state index in [1.54, 1.807) is 0 Å². The van der Waals surface area contributed by atoms with Crippen LogP contribution in [0.3, 0.4) is 0 Å². The molecule has 2 unspecified atom stereocenters. The lowest BCUT2D eigenvalue weighted by molar-refractivity contribution is -0.161. The third-order valence-corrected chi connectivity index (χ3v) is 20.4. The van der Waals surface area contributed by atoms with Gasteiger partial charge in [0.1, 0.15) is 19.3 Å². The van der Waals surface area contributed by atoms with Gasteiger partial charge in [-0.15, -0.1) is 0 Å². The Kier molecular flexibility index (Phi) is 70.6. The van der Waals surface area contributed by atoms with E-state index in [-0.39, 0.29) is 25.7 Å². The standard InChI is InChI=1S/C79H154O17P2/c1-6-9-12-15-18-21-24-27-29-31-32-33-34-36-39-42-45-48-55-60-65-78(83)95-74(68-89-76(81)62-57-52-46-43-40-38-35-30-28-25-22-19-16-13-10-7-2)70-93-97(85,86)91-66-73(80)67-92-98(87,88)94-71-75(69-90-77(82)63-58-53-50-49-51-56-61-72(4)5)96-79(84)64-59-54-47-44-41-37-26-23-20-17-14-11-8-3/h72-75,80H,6-71H2,1-5H3,(H,85,86)(H,87,88)/t73-,74-,75-/m1/s1. The van der Waals surface area contributed by atoms with Gasteiger partial charge in [0.15, 0.2) is 12.2 Å². The Labute approximate surface area is 600 Å². The van der Waals surface area contributed by atoms with Crippen molar-refractivity contribution in [3.63, 3.8) is 0 Å². The molecule has 0 aliphatic heterocycles. The fourth-order valence-electron chi connectivity index (χ4n) is 12.2. The molecule has 17 nitrogen and oxygen atoms in total. The molecule has 0 bridgehead atoms. The zero-order valence-corrected chi connectivity index (χ0v) is 65.7. The molecule has 0 saturated carbocycles. The molecular formula is C79H154O17P2. The molecule has 0 aliphatic carbocycles. The minimum Gasteiger partial charge on any atom is -0.462 e. The Morgan fingerprint density at radius 3 is 0.694 bits per heavy atom. The summed E-state index contributed by atoms with van der Waals surface area (Å²) in [4.78, 5) is 72.9. The summed E-state index contributed by atoms with van der Waals surface area (Å²) in [7, 11) is -9.91. The first-order valence-electron chi connectivity index (χ1n) is 41.1. The molecule has 19 heteroatoms. The largest absolute Gasteiger partial charge is 0.472 e. The number of carbonyl (C=O) groups excluding carboxylic acids is 4. The van der Waals surface area contributed by atoms with E-state index < -0.39 is 97.5 Å². The van der Waals surface area contributed by atoms with E-state index in [4.69, 9.17) is 37.0 Å². The molecule has 0 aromatic carbocycles. The van der Waals surface area contributed by atoms with Gasteiger partial charge in [0, 0.05) is 25.7 Å². The van der Waals surface area contributed by atoms with Gasteiger partial charge in [-0.1, -0.05) is 369 Å². The molecule has 0 amide bonds. The molecule has 0 fully saturated rings. The van der Waals surface area contributed by atoms with Gasteiger partial charge in [0.05, 0.1) is 26.4 Å². The van der Waals surface area contributed by atoms with E-state index in [2.05, 4.69) is 34.6 Å². The van der Waals surface area contributed by atoms with Crippen molar-refractivity contribution in [2.24, 2.45) is 5.92 Å². The van der Waals surface area contributed by atoms with Crippen molar-refractivity contribution in [1.82, 2.24) is 0 Å². The second kappa shape index (κ2) is 72.0. The summed E-state index contributed by atoms with van der Waals surface area (Å²) in [6.07, 6.45) is 62.6. The van der Waals surface area contributed by atoms with Gasteiger partial charge in [-0.05, 0) is 31.6 Å². The number of carbonyl (C=O) groups is 4. The van der Waals surface area contributed by atoms with Crippen LogP contribution in [0.4, 0.5) is 0 Å². The summed E-state index contributed by atoms with van der Waals surface area (Å²) in [5.41, 5.74) is 0. The number of aliphatic hydroxyl groups is 1. The minimum atomic E-state index is -4.96. The highest BCUT2D eigenvalue weighted by atomic mass is 31.2. The van der Waals surface area contributed by atoms with Crippen molar-refractivity contribution in [2.45, 2.75) is 438 Å². The van der Waals surface area contributed by atoms with Gasteiger partial charge in [-0.3, -0.25) is 37.3 Å². The monoisotopic (exact) mass is 1440 g/mol. The molecule has 98 heavy (non-hydrogen) atoms. The molecule has 3 N–H and O–H groups in total. The highest BCUT2D eigenvalue weighted by molar-refractivity contribution is 7.47. The van der Waals surface area contributed by atoms with Gasteiger partial charge in [0.2, 0.25) is 0 Å². The average molecular weight is 1440 g/mol. The Morgan fingerprint density at radius 1 is 0.276 bits per heavy atom. The molecule has 0 saturated heterocycles. The number of phosphoric acid groups is 2. The highest BCUT2D eigenvalue weighted by Crippen LogP contribution is 2.45. The number of aliphatic hydroxyl groups excluding tert-OH is 1. The zero-order chi connectivity index (χ0) is 71.9. The van der Waals surface area contributed by atoms with E-state index in [1.165, 1.54) is 238 Å². The van der Waals surface area contributed by atoms with E-state index >= 15 is 0 Å². The third-order valence-electron chi connectivity index (χ3n) is 18.5. The molecule has 0 spiro atoms. The topological polar surface area (TPSA) is 237 Å². The van der Waals surface area contributed by atoms with Gasteiger partial charge in [0.25, 0.3) is 0 Å². The lowest BCUT2D eigenvalue weighted by Crippen LogP contribution is -2.30. The summed E-state index contributed by atoms with van der Waals surface area (Å²) in [5.74, 6) is -1.43. The summed E-state index contributed by atoms with van der Waals surface area (Å²) >= 11 is 0. The van der Waals surface area contributed by atoms with E-state index in [0.29, 0.717) is 31.6 Å². The normalized spacial score (nSPS) is 13.9. The smallest absolute Gasteiger partial charge is 0.462 e. The molecular weight excluding hydrogens is 1280 g/mol. The maximum absolute atomic E-state index is 13.1. The summed E-state index contributed by atoms with van der Waals surface area (Å²) < 4.78 is 68.6. The van der Waals surface area contributed by atoms with Crippen LogP contribution in [0, 0.1) is 5.92 Å². The first kappa shape index (κ1) is 96.1. The average Bonchev–Trinajstić information content (AvgIpc) is 2.57. The van der Waals surface area contributed by atoms with Crippen LogP contribution in [0.1, 0.15) is 420 Å². The fourth-order valence-corrected chi connectivity index (χ4v) is 13.8. The van der Waals surface area contributed by atoms with Crippen LogP contribution in [0.15, 0.2) is 0 Å². The minimum absolute atomic E-state index is 0.107. The van der Waals surface area contributed by atoms with Crippen LogP contribution in [-0.4, -0.2) is 96.7 Å². The molecule has 0 heterocycles. The summed E-state index contributed by atoms with van der Waals surface area (Å²) in [6.45, 7) is 7.23. The first-order valence-corrected chi connectivity index (χ1v) is 44.1. The van der Waals surface area contributed by atoms with Gasteiger partial charge >= 0.3 is 39.5 Å². The van der Waals surface area contributed by atoms with Crippen LogP contribution in [0.25, 0.3) is 0 Å². The Balaban J connectivity index is 5.21. The number of esters is 4. The second-order valence-corrected chi connectivity index (χ2v) is 31.8. The Bertz CT molecular complexity index is 1870. The van der Waals surface area contributed by atoms with Crippen molar-refractivity contribution in [2.75, 3.05) is 39.6 Å². The van der Waals surface area contributed by atoms with Crippen LogP contribution in [0.5, 0.6) is 0 Å². The Morgan fingerprint density at radius 2 is 0.469 bits per heavy atom. The van der Waals surface area contributed by atoms with Crippen molar-refractivity contribution in [3.05, 3.63) is 0 Å². The van der Waals surface area contributed by atoms with Crippen molar-refractivity contribution < 1.29 is 80.2 Å². The first-order chi connectivity index (χ1) is 47.5. The molecule has 582 valence electrons. The van der Waals surface area contributed by atoms with E-state index in [1.807, 2.05) is 0 Å². The van der Waals surface area contributed by atoms with Crippen LogP contribution in [-0.2, 0) is 65.4 Å². The quantitative estimate of drug-likeness (QED) is 0.0222. The van der Waals surface area contributed by atoms with Gasteiger partial charge in [-0.25, -0.2) is 9.13 Å². The van der Waals surface area contributed by atoms with Gasteiger partial charge in [-0.2, -0.15) is 0 Å². The number of phosphoric ester groups is 2. The molecule has 5 atom stereocenters. The summed E-state index contributed by atoms with van der Waals surface area (Å²) in [6, 6.07) is 0. The Hall–Kier alpha value is -1.94. The van der Waals surface area contributed by atoms with Gasteiger partial charge < -0.3 is 33.8 Å². The maximum Gasteiger partial charge on any atom is 0.472 e. The lowest BCUT2D eigenvalue weighted by Gasteiger charge is -2.21. The van der Waals surface area contributed by atoms with Crippen molar-refractivity contribution in [3.8, 4) is 0 Å². The fraction of sp³-hybridized carbons (Fsp3) is 0.949. The third kappa shape index (κ3) is 72.4. The molecule has 0 aromatic heterocycles. The van der Waals surface area contributed by atoms with Crippen LogP contribution in [0.2, 0.25) is 0 Å².